The van der Waals surface area contributed by atoms with Gasteiger partial charge in [-0.3, -0.25) is 4.98 Å². The highest BCUT2D eigenvalue weighted by Crippen LogP contribution is 2.09. The van der Waals surface area contributed by atoms with Crippen molar-refractivity contribution in [1.29, 1.82) is 0 Å². The molecule has 0 aliphatic heterocycles. The van der Waals surface area contributed by atoms with Crippen LogP contribution in [-0.4, -0.2) is 18.1 Å². The molecule has 2 aromatic rings. The summed E-state index contributed by atoms with van der Waals surface area (Å²) in [6, 6.07) is 9.25. The number of ether oxygens (including phenoxy) is 1. The van der Waals surface area contributed by atoms with Crippen molar-refractivity contribution in [2.24, 2.45) is 0 Å². The van der Waals surface area contributed by atoms with Gasteiger partial charge in [-0.05, 0) is 31.2 Å². The number of carbonyl (C=O) groups excluding carboxylic acids is 1. The van der Waals surface area contributed by atoms with Gasteiger partial charge in [-0.25, -0.2) is 4.79 Å². The van der Waals surface area contributed by atoms with Crippen molar-refractivity contribution in [3.63, 3.8) is 0 Å². The summed E-state index contributed by atoms with van der Waals surface area (Å²) in [5.74, 6) is 0.438. The highest BCUT2D eigenvalue weighted by molar-refractivity contribution is 5.86. The maximum absolute atomic E-state index is 11.2. The Morgan fingerprint density at radius 1 is 1.32 bits per heavy atom. The molecule has 5 heteroatoms. The molecule has 1 N–H and O–H groups in total. The quantitative estimate of drug-likeness (QED) is 0.834. The summed E-state index contributed by atoms with van der Waals surface area (Å²) in [6.45, 7) is 3.14. The van der Waals surface area contributed by atoms with Crippen molar-refractivity contribution in [2.75, 3.05) is 7.11 Å². The molecule has 2 rings (SSSR count). The van der Waals surface area contributed by atoms with Gasteiger partial charge in [0.05, 0.1) is 19.3 Å². The second-order valence-corrected chi connectivity index (χ2v) is 4.13. The SMILES string of the molecule is COC(=O)c1ccc(CNCc2cccc(C)n2)o1. The number of rotatable bonds is 5. The third-order valence-corrected chi connectivity index (χ3v) is 2.60. The largest absolute Gasteiger partial charge is 0.463 e. The summed E-state index contributed by atoms with van der Waals surface area (Å²) in [7, 11) is 1.33. The second kappa shape index (κ2) is 6.15. The Labute approximate surface area is 111 Å². The second-order valence-electron chi connectivity index (χ2n) is 4.13. The molecule has 0 aliphatic rings. The average Bonchev–Trinajstić information content (AvgIpc) is 2.87. The molecule has 19 heavy (non-hydrogen) atoms. The lowest BCUT2D eigenvalue weighted by Gasteiger charge is -2.03. The van der Waals surface area contributed by atoms with Crippen LogP contribution in [-0.2, 0) is 17.8 Å². The van der Waals surface area contributed by atoms with Gasteiger partial charge in [-0.1, -0.05) is 6.07 Å². The van der Waals surface area contributed by atoms with Gasteiger partial charge in [-0.2, -0.15) is 0 Å². The third-order valence-electron chi connectivity index (χ3n) is 2.60. The number of aryl methyl sites for hydroxylation is 1. The normalized spacial score (nSPS) is 10.4. The number of furan rings is 1. The summed E-state index contributed by atoms with van der Waals surface area (Å²) in [6.07, 6.45) is 0. The predicted octanol–water partition coefficient (Wildman–Crippen LogP) is 2.06. The molecule has 0 aromatic carbocycles. The number of nitrogens with one attached hydrogen (secondary N) is 1. The van der Waals surface area contributed by atoms with Gasteiger partial charge in [0, 0.05) is 12.2 Å². The molecule has 0 fully saturated rings. The number of carbonyl (C=O) groups is 1. The lowest BCUT2D eigenvalue weighted by atomic mass is 10.3. The standard InChI is InChI=1S/C14H16N2O3/c1-10-4-3-5-11(16-10)8-15-9-12-6-7-13(19-12)14(17)18-2/h3-7,15H,8-9H2,1-2H3. The minimum absolute atomic E-state index is 0.216. The van der Waals surface area contributed by atoms with Crippen molar-refractivity contribution >= 4 is 5.97 Å². The molecule has 0 atom stereocenters. The predicted molar refractivity (Wildman–Crippen MR) is 69.6 cm³/mol. The summed E-state index contributed by atoms with van der Waals surface area (Å²) in [4.78, 5) is 15.6. The fraction of sp³-hybridized carbons (Fsp3) is 0.286. The van der Waals surface area contributed by atoms with E-state index in [-0.39, 0.29) is 5.76 Å². The van der Waals surface area contributed by atoms with Crippen molar-refractivity contribution in [3.05, 3.63) is 53.2 Å². The van der Waals surface area contributed by atoms with Gasteiger partial charge < -0.3 is 14.5 Å². The number of methoxy groups -OCH3 is 1. The molecule has 0 amide bonds. The monoisotopic (exact) mass is 260 g/mol. The maximum Gasteiger partial charge on any atom is 0.373 e. The van der Waals surface area contributed by atoms with Gasteiger partial charge >= 0.3 is 5.97 Å². The van der Waals surface area contributed by atoms with Crippen LogP contribution in [0.3, 0.4) is 0 Å². The lowest BCUT2D eigenvalue weighted by Crippen LogP contribution is -2.13. The Morgan fingerprint density at radius 3 is 2.89 bits per heavy atom. The Balaban J connectivity index is 1.86. The highest BCUT2D eigenvalue weighted by atomic mass is 16.5. The van der Waals surface area contributed by atoms with Gasteiger partial charge in [0.25, 0.3) is 0 Å². The number of esters is 1. The van der Waals surface area contributed by atoms with E-state index in [1.807, 2.05) is 25.1 Å². The van der Waals surface area contributed by atoms with Crippen LogP contribution in [0, 0.1) is 6.92 Å². The van der Waals surface area contributed by atoms with E-state index in [1.165, 1.54) is 7.11 Å². The number of aromatic nitrogens is 1. The van der Waals surface area contributed by atoms with Gasteiger partial charge in [-0.15, -0.1) is 0 Å². The first-order chi connectivity index (χ1) is 9.19. The number of nitrogens with zero attached hydrogens (tertiary/aromatic N) is 1. The molecule has 2 aromatic heterocycles. The molecule has 5 nitrogen and oxygen atoms in total. The minimum atomic E-state index is -0.466. The van der Waals surface area contributed by atoms with Crippen LogP contribution in [0.1, 0.15) is 27.7 Å². The van der Waals surface area contributed by atoms with Crippen LogP contribution >= 0.6 is 0 Å². The van der Waals surface area contributed by atoms with E-state index in [4.69, 9.17) is 4.42 Å². The van der Waals surface area contributed by atoms with E-state index in [0.29, 0.717) is 18.8 Å². The van der Waals surface area contributed by atoms with E-state index >= 15 is 0 Å². The zero-order valence-corrected chi connectivity index (χ0v) is 11.0. The lowest BCUT2D eigenvalue weighted by molar-refractivity contribution is 0.0563. The van der Waals surface area contributed by atoms with Crippen LogP contribution in [0.25, 0.3) is 0 Å². The first-order valence-corrected chi connectivity index (χ1v) is 5.99. The molecule has 100 valence electrons. The molecule has 0 radical (unpaired) electrons. The molecular weight excluding hydrogens is 244 g/mol. The summed E-state index contributed by atoms with van der Waals surface area (Å²) in [5, 5.41) is 3.21. The van der Waals surface area contributed by atoms with Crippen LogP contribution in [0.15, 0.2) is 34.7 Å². The Bertz CT molecular complexity index is 563. The highest BCUT2D eigenvalue weighted by Gasteiger charge is 2.10. The average molecular weight is 260 g/mol. The molecule has 0 aliphatic carbocycles. The summed E-state index contributed by atoms with van der Waals surface area (Å²) >= 11 is 0. The van der Waals surface area contributed by atoms with Crippen LogP contribution in [0.4, 0.5) is 0 Å². The molecule has 0 saturated heterocycles. The van der Waals surface area contributed by atoms with Crippen molar-refractivity contribution in [1.82, 2.24) is 10.3 Å². The zero-order chi connectivity index (χ0) is 13.7. The summed E-state index contributed by atoms with van der Waals surface area (Å²) in [5.41, 5.74) is 1.96. The molecule has 0 bridgehead atoms. The van der Waals surface area contributed by atoms with E-state index < -0.39 is 5.97 Å². The Morgan fingerprint density at radius 2 is 2.16 bits per heavy atom. The van der Waals surface area contributed by atoms with Gasteiger partial charge in [0.2, 0.25) is 5.76 Å². The molecule has 2 heterocycles. The fourth-order valence-electron chi connectivity index (χ4n) is 1.69. The number of pyridine rings is 1. The van der Waals surface area contributed by atoms with Crippen molar-refractivity contribution < 1.29 is 13.9 Å². The smallest absolute Gasteiger partial charge is 0.373 e. The first kappa shape index (κ1) is 13.3. The van der Waals surface area contributed by atoms with E-state index in [2.05, 4.69) is 15.0 Å². The molecule has 0 saturated carbocycles. The van der Waals surface area contributed by atoms with E-state index in [0.717, 1.165) is 11.4 Å². The zero-order valence-electron chi connectivity index (χ0n) is 11.0. The van der Waals surface area contributed by atoms with Crippen LogP contribution in [0.5, 0.6) is 0 Å². The van der Waals surface area contributed by atoms with Crippen molar-refractivity contribution in [3.8, 4) is 0 Å². The van der Waals surface area contributed by atoms with Crippen LogP contribution < -0.4 is 5.32 Å². The maximum atomic E-state index is 11.2. The first-order valence-electron chi connectivity index (χ1n) is 5.99. The summed E-state index contributed by atoms with van der Waals surface area (Å²) < 4.78 is 9.91. The number of hydrogen-bond donors (Lipinski definition) is 1. The van der Waals surface area contributed by atoms with Crippen LogP contribution in [0.2, 0.25) is 0 Å². The van der Waals surface area contributed by atoms with Gasteiger partial charge in [0.15, 0.2) is 0 Å². The van der Waals surface area contributed by atoms with E-state index in [9.17, 15) is 4.79 Å². The minimum Gasteiger partial charge on any atom is -0.463 e. The van der Waals surface area contributed by atoms with E-state index in [1.54, 1.807) is 12.1 Å². The molecular formula is C14H16N2O3. The van der Waals surface area contributed by atoms with Gasteiger partial charge in [0.1, 0.15) is 5.76 Å². The molecule has 0 unspecified atom stereocenters. The Hall–Kier alpha value is -2.14. The number of hydrogen-bond acceptors (Lipinski definition) is 5. The fourth-order valence-corrected chi connectivity index (χ4v) is 1.69. The van der Waals surface area contributed by atoms with Crippen molar-refractivity contribution in [2.45, 2.75) is 20.0 Å². The third kappa shape index (κ3) is 3.66. The topological polar surface area (TPSA) is 64.4 Å². The Kier molecular flexibility index (Phi) is 4.30. The molecule has 0 spiro atoms.